The van der Waals surface area contributed by atoms with Crippen LogP contribution in [0.5, 0.6) is 0 Å². The number of allylic oxidation sites excluding steroid dienone is 1. The van der Waals surface area contributed by atoms with Crippen LogP contribution in [0.25, 0.3) is 0 Å². The highest BCUT2D eigenvalue weighted by Crippen LogP contribution is 2.56. The summed E-state index contributed by atoms with van der Waals surface area (Å²) in [6.45, 7) is 9.71. The fraction of sp³-hybridized carbons (Fsp3) is 0.360. The standard InChI is InChI=1S/C25H28FNO3S/c1-6-30-22(28)21-17(2)27(16-18-12-8-7-9-13-18)23(29)25(21,24(3,4)5)31-20-15-11-10-14-19(20)26/h7-15H,6,16H2,1-5H3/t25-/m0/s1. The number of hydrogen-bond acceptors (Lipinski definition) is 4. The number of carbonyl (C=O) groups excluding carboxylic acids is 2. The molecular weight excluding hydrogens is 413 g/mol. The molecule has 0 unspecified atom stereocenters. The van der Waals surface area contributed by atoms with Gasteiger partial charge in [0.2, 0.25) is 5.91 Å². The van der Waals surface area contributed by atoms with Gasteiger partial charge in [-0.15, -0.1) is 11.8 Å². The van der Waals surface area contributed by atoms with Gasteiger partial charge in [-0.3, -0.25) is 4.79 Å². The molecule has 4 nitrogen and oxygen atoms in total. The van der Waals surface area contributed by atoms with E-state index in [1.807, 2.05) is 51.1 Å². The third-order valence-electron chi connectivity index (χ3n) is 5.48. The number of benzene rings is 2. The van der Waals surface area contributed by atoms with Crippen LogP contribution < -0.4 is 0 Å². The molecular formula is C25H28FNO3S. The van der Waals surface area contributed by atoms with Gasteiger partial charge in [-0.25, -0.2) is 9.18 Å². The molecule has 1 aliphatic heterocycles. The maximum Gasteiger partial charge on any atom is 0.337 e. The molecule has 6 heteroatoms. The van der Waals surface area contributed by atoms with Crippen LogP contribution in [0, 0.1) is 11.2 Å². The number of nitrogens with zero attached hydrogens (tertiary/aromatic N) is 1. The first kappa shape index (κ1) is 23.1. The molecule has 0 saturated heterocycles. The molecule has 31 heavy (non-hydrogen) atoms. The topological polar surface area (TPSA) is 46.6 Å². The van der Waals surface area contributed by atoms with E-state index in [4.69, 9.17) is 4.74 Å². The van der Waals surface area contributed by atoms with Gasteiger partial charge in [-0.2, -0.15) is 0 Å². The summed E-state index contributed by atoms with van der Waals surface area (Å²) in [4.78, 5) is 29.2. The quantitative estimate of drug-likeness (QED) is 0.549. The van der Waals surface area contributed by atoms with Gasteiger partial charge in [0, 0.05) is 10.6 Å². The van der Waals surface area contributed by atoms with E-state index in [2.05, 4.69) is 0 Å². The summed E-state index contributed by atoms with van der Waals surface area (Å²) in [5.41, 5.74) is 1.08. The smallest absolute Gasteiger partial charge is 0.337 e. The number of halogens is 1. The summed E-state index contributed by atoms with van der Waals surface area (Å²) in [7, 11) is 0. The maximum absolute atomic E-state index is 14.7. The van der Waals surface area contributed by atoms with Gasteiger partial charge in [0.25, 0.3) is 0 Å². The number of rotatable bonds is 6. The minimum Gasteiger partial charge on any atom is -0.463 e. The van der Waals surface area contributed by atoms with E-state index in [-0.39, 0.29) is 18.1 Å². The van der Waals surface area contributed by atoms with Crippen molar-refractivity contribution < 1.29 is 18.7 Å². The Kier molecular flexibility index (Phi) is 6.60. The Morgan fingerprint density at radius 1 is 1.10 bits per heavy atom. The van der Waals surface area contributed by atoms with E-state index in [1.54, 1.807) is 36.9 Å². The molecule has 1 atom stereocenters. The second kappa shape index (κ2) is 8.87. The Hall–Kier alpha value is -2.60. The summed E-state index contributed by atoms with van der Waals surface area (Å²) < 4.78 is 18.7. The van der Waals surface area contributed by atoms with Crippen LogP contribution in [0.3, 0.4) is 0 Å². The number of thioether (sulfide) groups is 1. The van der Waals surface area contributed by atoms with Crippen molar-refractivity contribution in [3.8, 4) is 0 Å². The Labute approximate surface area is 187 Å². The highest BCUT2D eigenvalue weighted by Gasteiger charge is 2.61. The van der Waals surface area contributed by atoms with E-state index in [9.17, 15) is 14.0 Å². The molecule has 0 radical (unpaired) electrons. The van der Waals surface area contributed by atoms with Crippen LogP contribution in [-0.4, -0.2) is 28.1 Å². The Morgan fingerprint density at radius 2 is 1.71 bits per heavy atom. The molecule has 0 N–H and O–H groups in total. The van der Waals surface area contributed by atoms with Crippen LogP contribution in [-0.2, 0) is 20.9 Å². The second-order valence-electron chi connectivity index (χ2n) is 8.52. The van der Waals surface area contributed by atoms with Gasteiger partial charge in [-0.1, -0.05) is 63.2 Å². The van der Waals surface area contributed by atoms with Gasteiger partial charge < -0.3 is 9.64 Å². The Balaban J connectivity index is 2.19. The molecule has 0 fully saturated rings. The number of esters is 1. The zero-order valence-electron chi connectivity index (χ0n) is 18.6. The largest absolute Gasteiger partial charge is 0.463 e. The van der Waals surface area contributed by atoms with Crippen LogP contribution in [0.4, 0.5) is 4.39 Å². The van der Waals surface area contributed by atoms with Crippen LogP contribution >= 0.6 is 11.8 Å². The first-order valence-electron chi connectivity index (χ1n) is 10.3. The van der Waals surface area contributed by atoms with Gasteiger partial charge in [0.15, 0.2) is 0 Å². The molecule has 2 aromatic rings. The molecule has 2 aromatic carbocycles. The summed E-state index contributed by atoms with van der Waals surface area (Å²) in [6, 6.07) is 15.9. The lowest BCUT2D eigenvalue weighted by Gasteiger charge is -2.41. The predicted octanol–water partition coefficient (Wildman–Crippen LogP) is 5.58. The summed E-state index contributed by atoms with van der Waals surface area (Å²) >= 11 is 1.10. The van der Waals surface area contributed by atoms with Gasteiger partial charge in [0.05, 0.1) is 18.7 Å². The molecule has 0 saturated carbocycles. The van der Waals surface area contributed by atoms with Crippen molar-refractivity contribution in [3.05, 3.63) is 77.2 Å². The molecule has 0 aliphatic carbocycles. The Morgan fingerprint density at radius 3 is 2.29 bits per heavy atom. The summed E-state index contributed by atoms with van der Waals surface area (Å²) in [6.07, 6.45) is 0. The molecule has 0 aromatic heterocycles. The van der Waals surface area contributed by atoms with E-state index in [1.165, 1.54) is 6.07 Å². The Bertz CT molecular complexity index is 1010. The molecule has 1 heterocycles. The van der Waals surface area contributed by atoms with Gasteiger partial charge >= 0.3 is 5.97 Å². The highest BCUT2D eigenvalue weighted by atomic mass is 32.2. The van der Waals surface area contributed by atoms with Crippen molar-refractivity contribution in [2.45, 2.75) is 50.8 Å². The minimum atomic E-state index is -1.33. The third kappa shape index (κ3) is 4.13. The monoisotopic (exact) mass is 441 g/mol. The fourth-order valence-corrected chi connectivity index (χ4v) is 5.40. The fourth-order valence-electron chi connectivity index (χ4n) is 3.93. The molecule has 1 aliphatic rings. The molecule has 0 spiro atoms. The summed E-state index contributed by atoms with van der Waals surface area (Å²) in [5, 5.41) is 0. The van der Waals surface area contributed by atoms with Crippen molar-refractivity contribution in [2.24, 2.45) is 5.41 Å². The van der Waals surface area contributed by atoms with E-state index < -0.39 is 21.9 Å². The third-order valence-corrected chi connectivity index (χ3v) is 7.33. The lowest BCUT2D eigenvalue weighted by Crippen LogP contribution is -2.51. The van der Waals surface area contributed by atoms with Crippen molar-refractivity contribution in [3.63, 3.8) is 0 Å². The number of carbonyl (C=O) groups is 2. The van der Waals surface area contributed by atoms with Crippen molar-refractivity contribution in [1.29, 1.82) is 0 Å². The van der Waals surface area contributed by atoms with E-state index in [0.29, 0.717) is 17.1 Å². The van der Waals surface area contributed by atoms with Crippen LogP contribution in [0.2, 0.25) is 0 Å². The predicted molar refractivity (Wildman–Crippen MR) is 121 cm³/mol. The van der Waals surface area contributed by atoms with Gasteiger partial charge in [-0.05, 0) is 37.0 Å². The first-order valence-corrected chi connectivity index (χ1v) is 11.1. The maximum atomic E-state index is 14.7. The lowest BCUT2D eigenvalue weighted by molar-refractivity contribution is -0.141. The lowest BCUT2D eigenvalue weighted by atomic mass is 9.75. The van der Waals surface area contributed by atoms with Crippen LogP contribution in [0.1, 0.15) is 40.2 Å². The van der Waals surface area contributed by atoms with Gasteiger partial charge in [0.1, 0.15) is 10.6 Å². The van der Waals surface area contributed by atoms with E-state index >= 15 is 0 Å². The molecule has 0 bridgehead atoms. The first-order chi connectivity index (χ1) is 14.6. The number of amides is 1. The SMILES string of the molecule is CCOC(=O)C1=C(C)N(Cc2ccccc2)C(=O)[C@]1(Sc1ccccc1F)C(C)(C)C. The number of ether oxygens (including phenoxy) is 1. The zero-order valence-corrected chi connectivity index (χ0v) is 19.4. The zero-order chi connectivity index (χ0) is 22.8. The average molecular weight is 442 g/mol. The van der Waals surface area contributed by atoms with Crippen molar-refractivity contribution in [1.82, 2.24) is 4.90 Å². The molecule has 3 rings (SSSR count). The normalized spacial score (nSPS) is 19.2. The van der Waals surface area contributed by atoms with Crippen molar-refractivity contribution >= 4 is 23.6 Å². The molecule has 1 amide bonds. The minimum absolute atomic E-state index is 0.188. The van der Waals surface area contributed by atoms with Crippen LogP contribution in [0.15, 0.2) is 70.8 Å². The van der Waals surface area contributed by atoms with E-state index in [0.717, 1.165) is 17.3 Å². The highest BCUT2D eigenvalue weighted by molar-refractivity contribution is 8.01. The molecule has 164 valence electrons. The second-order valence-corrected chi connectivity index (χ2v) is 9.78. The average Bonchev–Trinajstić information content (AvgIpc) is 2.92. The number of hydrogen-bond donors (Lipinski definition) is 0. The summed E-state index contributed by atoms with van der Waals surface area (Å²) in [5.74, 6) is -1.20. The van der Waals surface area contributed by atoms with Crippen molar-refractivity contribution in [2.75, 3.05) is 6.61 Å².